The van der Waals surface area contributed by atoms with Crippen LogP contribution in [0.3, 0.4) is 0 Å². The maximum Gasteiger partial charge on any atom is 0.455 e. The van der Waals surface area contributed by atoms with Gasteiger partial charge in [0.05, 0.1) is 0 Å². The summed E-state index contributed by atoms with van der Waals surface area (Å²) in [6.07, 6.45) is 0. The number of hydrogen-bond donors (Lipinski definition) is 0. The van der Waals surface area contributed by atoms with Crippen molar-refractivity contribution in [2.24, 2.45) is 0 Å². The summed E-state index contributed by atoms with van der Waals surface area (Å²) in [5, 5.41) is 0. The summed E-state index contributed by atoms with van der Waals surface area (Å²) >= 11 is 0. The predicted octanol–water partition coefficient (Wildman–Crippen LogP) is 3.84. The fourth-order valence-electron chi connectivity index (χ4n) is 1.40. The highest BCUT2D eigenvalue weighted by molar-refractivity contribution is 6.83. The first kappa shape index (κ1) is 24.1. The lowest BCUT2D eigenvalue weighted by atomic mass is 11.8. The van der Waals surface area contributed by atoms with Gasteiger partial charge in [-0.2, -0.15) is 0 Å². The van der Waals surface area contributed by atoms with Gasteiger partial charge in [-0.1, -0.05) is 0 Å². The van der Waals surface area contributed by atoms with E-state index in [1.165, 1.54) is 0 Å². The first-order chi connectivity index (χ1) is 9.86. The van der Waals surface area contributed by atoms with E-state index >= 15 is 0 Å². The fourth-order valence-corrected chi connectivity index (χ4v) is 15.5. The Kier molecular flexibility index (Phi) is 9.07. The highest BCUT2D eigenvalue weighted by atomic mass is 28.5. The molecule has 11 heteroatoms. The summed E-state index contributed by atoms with van der Waals surface area (Å²) in [5.74, 6) is 0. The van der Waals surface area contributed by atoms with Crippen LogP contribution in [0.25, 0.3) is 0 Å². The van der Waals surface area contributed by atoms with Crippen LogP contribution >= 0.6 is 0 Å². The zero-order valence-corrected chi connectivity index (χ0v) is 23.5. The molecule has 0 spiro atoms. The van der Waals surface area contributed by atoms with Crippen LogP contribution in [0.4, 0.5) is 0 Å². The minimum Gasteiger partial charge on any atom is -0.419 e. The van der Waals surface area contributed by atoms with E-state index in [1.54, 1.807) is 0 Å². The van der Waals surface area contributed by atoms with Gasteiger partial charge in [-0.15, -0.1) is 0 Å². The second-order valence-electron chi connectivity index (χ2n) is 9.63. The summed E-state index contributed by atoms with van der Waals surface area (Å²) in [7, 11) is -11.4. The molecule has 0 rings (SSSR count). The van der Waals surface area contributed by atoms with Crippen molar-refractivity contribution in [3.8, 4) is 0 Å². The van der Waals surface area contributed by atoms with Crippen molar-refractivity contribution in [2.75, 3.05) is 0 Å². The first-order valence-corrected chi connectivity index (χ1v) is 24.7. The minimum atomic E-state index is -2.24. The standard InChI is InChI=1S/C12H38O5Si6/c1-20(2,3)14-18(15-21(4,5)6)13-19(16-22(7,8)9)17-23(10,11)12/h18-19H,1-12H3. The lowest BCUT2D eigenvalue weighted by Gasteiger charge is -2.35. The molecule has 0 aliphatic carbocycles. The Hall–Kier alpha value is 1.10. The van der Waals surface area contributed by atoms with Crippen molar-refractivity contribution in [1.82, 2.24) is 0 Å². The summed E-state index contributed by atoms with van der Waals surface area (Å²) in [4.78, 5) is 0. The van der Waals surface area contributed by atoms with E-state index in [0.717, 1.165) is 0 Å². The Morgan fingerprint density at radius 1 is 0.391 bits per heavy atom. The van der Waals surface area contributed by atoms with Gasteiger partial charge in [-0.3, -0.25) is 0 Å². The molecule has 0 aromatic heterocycles. The van der Waals surface area contributed by atoms with Gasteiger partial charge in [0.15, 0.2) is 33.3 Å². The van der Waals surface area contributed by atoms with Crippen molar-refractivity contribution < 1.29 is 20.6 Å². The molecule has 0 unspecified atom stereocenters. The zero-order valence-electron chi connectivity index (χ0n) is 17.2. The molecule has 0 saturated heterocycles. The molecule has 0 fully saturated rings. The molecule has 0 saturated carbocycles. The van der Waals surface area contributed by atoms with Gasteiger partial charge in [-0.25, -0.2) is 0 Å². The molecule has 0 bridgehead atoms. The van der Waals surface area contributed by atoms with Gasteiger partial charge in [-0.05, 0) is 78.6 Å². The Bertz CT molecular complexity index is 289. The molecule has 0 aliphatic heterocycles. The molecule has 5 nitrogen and oxygen atoms in total. The van der Waals surface area contributed by atoms with Crippen molar-refractivity contribution in [3.63, 3.8) is 0 Å². The smallest absolute Gasteiger partial charge is 0.419 e. The van der Waals surface area contributed by atoms with Gasteiger partial charge in [0.1, 0.15) is 0 Å². The SMILES string of the molecule is C[Si](C)(C)O[SiH](O[SiH](O[Si](C)(C)C)O[Si](C)(C)C)O[Si](C)(C)C. The van der Waals surface area contributed by atoms with E-state index in [1.807, 2.05) is 0 Å². The first-order valence-electron chi connectivity index (χ1n) is 8.23. The molecule has 23 heavy (non-hydrogen) atoms. The van der Waals surface area contributed by atoms with E-state index < -0.39 is 52.3 Å². The predicted molar refractivity (Wildman–Crippen MR) is 113 cm³/mol. The average molecular weight is 431 g/mol. The summed E-state index contributed by atoms with van der Waals surface area (Å²) in [6.45, 7) is 26.0. The topological polar surface area (TPSA) is 46.2 Å². The molecule has 140 valence electrons. The second-order valence-corrected chi connectivity index (χ2v) is 32.5. The molecule has 0 aromatic rings. The quantitative estimate of drug-likeness (QED) is 0.493. The second kappa shape index (κ2) is 8.66. The van der Waals surface area contributed by atoms with Gasteiger partial charge in [0.2, 0.25) is 0 Å². The molecule has 0 aliphatic rings. The normalized spacial score (nSPS) is 14.9. The summed E-state index contributed by atoms with van der Waals surface area (Å²) in [6, 6.07) is 0. The summed E-state index contributed by atoms with van der Waals surface area (Å²) in [5.41, 5.74) is 0. The Morgan fingerprint density at radius 2 is 0.565 bits per heavy atom. The molecule has 0 radical (unpaired) electrons. The molecule has 0 amide bonds. The minimum absolute atomic E-state index is 1.74. The Labute approximate surface area is 151 Å². The van der Waals surface area contributed by atoms with Gasteiger partial charge in [0.25, 0.3) is 0 Å². The van der Waals surface area contributed by atoms with Crippen LogP contribution in [-0.4, -0.2) is 52.3 Å². The lowest BCUT2D eigenvalue weighted by Crippen LogP contribution is -2.52. The Morgan fingerprint density at radius 3 is 0.696 bits per heavy atom. The largest absolute Gasteiger partial charge is 0.455 e. The van der Waals surface area contributed by atoms with Crippen LogP contribution in [0.15, 0.2) is 0 Å². The lowest BCUT2D eigenvalue weighted by molar-refractivity contribution is 0.230. The van der Waals surface area contributed by atoms with Gasteiger partial charge in [0, 0.05) is 0 Å². The molecule has 0 atom stereocenters. The number of hydrogen-bond acceptors (Lipinski definition) is 5. The van der Waals surface area contributed by atoms with Crippen LogP contribution in [0, 0.1) is 0 Å². The summed E-state index contributed by atoms with van der Waals surface area (Å²) < 4.78 is 31.3. The third-order valence-corrected chi connectivity index (χ3v) is 18.2. The van der Waals surface area contributed by atoms with E-state index in [0.29, 0.717) is 0 Å². The monoisotopic (exact) mass is 430 g/mol. The number of rotatable bonds is 10. The molecule has 0 aromatic carbocycles. The maximum atomic E-state index is 6.28. The maximum absolute atomic E-state index is 6.28. The fraction of sp³-hybridized carbons (Fsp3) is 1.00. The van der Waals surface area contributed by atoms with Crippen molar-refractivity contribution >= 4 is 52.3 Å². The molecule has 0 heterocycles. The van der Waals surface area contributed by atoms with Crippen LogP contribution in [-0.2, 0) is 20.6 Å². The molecular weight excluding hydrogens is 393 g/mol. The van der Waals surface area contributed by atoms with Crippen molar-refractivity contribution in [3.05, 3.63) is 0 Å². The average Bonchev–Trinajstić information content (AvgIpc) is 2.03. The van der Waals surface area contributed by atoms with Gasteiger partial charge >= 0.3 is 19.1 Å². The highest BCUT2D eigenvalue weighted by Gasteiger charge is 2.37. The molecule has 0 N–H and O–H groups in total. The van der Waals surface area contributed by atoms with Crippen LogP contribution < -0.4 is 0 Å². The van der Waals surface area contributed by atoms with Gasteiger partial charge < -0.3 is 20.6 Å². The van der Waals surface area contributed by atoms with Crippen LogP contribution in [0.2, 0.25) is 78.6 Å². The zero-order chi connectivity index (χ0) is 18.7. The third-order valence-electron chi connectivity index (χ3n) is 2.02. The van der Waals surface area contributed by atoms with Crippen LogP contribution in [0.5, 0.6) is 0 Å². The third kappa shape index (κ3) is 16.3. The van der Waals surface area contributed by atoms with E-state index in [2.05, 4.69) is 78.6 Å². The van der Waals surface area contributed by atoms with E-state index in [4.69, 9.17) is 20.6 Å². The molecular formula is C12H38O5Si6. The highest BCUT2D eigenvalue weighted by Crippen LogP contribution is 2.17. The van der Waals surface area contributed by atoms with Crippen molar-refractivity contribution in [1.29, 1.82) is 0 Å². The van der Waals surface area contributed by atoms with E-state index in [9.17, 15) is 0 Å². The van der Waals surface area contributed by atoms with Crippen LogP contribution in [0.1, 0.15) is 0 Å². The van der Waals surface area contributed by atoms with Crippen molar-refractivity contribution in [2.45, 2.75) is 78.6 Å². The Balaban J connectivity index is 5.15. The van der Waals surface area contributed by atoms with E-state index in [-0.39, 0.29) is 0 Å².